The fraction of sp³-hybridized carbons (Fsp3) is 0.533. The third-order valence-electron chi connectivity index (χ3n) is 3.81. The van der Waals surface area contributed by atoms with E-state index in [-0.39, 0.29) is 5.91 Å². The monoisotopic (exact) mass is 336 g/mol. The molecule has 5 nitrogen and oxygen atoms in total. The maximum absolute atomic E-state index is 12.4. The second-order valence-electron chi connectivity index (χ2n) is 5.52. The van der Waals surface area contributed by atoms with Crippen molar-refractivity contribution in [2.45, 2.75) is 26.3 Å². The number of carbonyl (C=O) groups excluding carboxylic acids is 1. The minimum atomic E-state index is 0.195. The minimum absolute atomic E-state index is 0.195. The van der Waals surface area contributed by atoms with Gasteiger partial charge < -0.3 is 4.90 Å². The Morgan fingerprint density at radius 3 is 2.86 bits per heavy atom. The number of aromatic nitrogens is 2. The Hall–Kier alpha value is -1.31. The van der Waals surface area contributed by atoms with Gasteiger partial charge in [0.25, 0.3) is 0 Å². The number of thiazole rings is 2. The Morgan fingerprint density at radius 1 is 1.23 bits per heavy atom. The molecule has 22 heavy (non-hydrogen) atoms. The van der Waals surface area contributed by atoms with E-state index in [2.05, 4.69) is 20.2 Å². The zero-order valence-corrected chi connectivity index (χ0v) is 14.3. The van der Waals surface area contributed by atoms with E-state index >= 15 is 0 Å². The molecule has 2 aromatic rings. The van der Waals surface area contributed by atoms with Gasteiger partial charge in [0.2, 0.25) is 5.91 Å². The number of hydrogen-bond acceptors (Lipinski definition) is 6. The lowest BCUT2D eigenvalue weighted by atomic mass is 10.3. The summed E-state index contributed by atoms with van der Waals surface area (Å²) < 4.78 is 0. The topological polar surface area (TPSA) is 49.3 Å². The van der Waals surface area contributed by atoms with Gasteiger partial charge in [0.15, 0.2) is 0 Å². The summed E-state index contributed by atoms with van der Waals surface area (Å²) in [5, 5.41) is 5.10. The largest absolute Gasteiger partial charge is 0.341 e. The number of aryl methyl sites for hydroxylation is 1. The van der Waals surface area contributed by atoms with Crippen LogP contribution in [-0.4, -0.2) is 51.9 Å². The van der Waals surface area contributed by atoms with Gasteiger partial charge in [-0.3, -0.25) is 9.69 Å². The van der Waals surface area contributed by atoms with Crippen LogP contribution in [-0.2, 0) is 17.8 Å². The van der Waals surface area contributed by atoms with Gasteiger partial charge >= 0.3 is 0 Å². The second-order valence-corrected chi connectivity index (χ2v) is 7.31. The first-order chi connectivity index (χ1) is 10.7. The number of nitrogens with zero attached hydrogens (tertiary/aromatic N) is 4. The number of hydrogen-bond donors (Lipinski definition) is 0. The van der Waals surface area contributed by atoms with Gasteiger partial charge in [-0.15, -0.1) is 22.7 Å². The van der Waals surface area contributed by atoms with Gasteiger partial charge in [-0.25, -0.2) is 9.97 Å². The van der Waals surface area contributed by atoms with E-state index in [0.29, 0.717) is 6.42 Å². The Balaban J connectivity index is 1.52. The Morgan fingerprint density at radius 2 is 2.14 bits per heavy atom. The summed E-state index contributed by atoms with van der Waals surface area (Å²) >= 11 is 3.24. The van der Waals surface area contributed by atoms with Crippen LogP contribution >= 0.6 is 22.7 Å². The van der Waals surface area contributed by atoms with E-state index in [4.69, 9.17) is 0 Å². The van der Waals surface area contributed by atoms with Crippen LogP contribution in [0.25, 0.3) is 0 Å². The summed E-state index contributed by atoms with van der Waals surface area (Å²) in [5.41, 5.74) is 3.90. The van der Waals surface area contributed by atoms with Crippen LogP contribution in [0.2, 0.25) is 0 Å². The van der Waals surface area contributed by atoms with E-state index < -0.39 is 0 Å². The van der Waals surface area contributed by atoms with E-state index in [9.17, 15) is 4.79 Å². The molecule has 7 heteroatoms. The van der Waals surface area contributed by atoms with E-state index in [0.717, 1.165) is 55.5 Å². The van der Waals surface area contributed by atoms with Crippen LogP contribution in [0.5, 0.6) is 0 Å². The third-order valence-corrected chi connectivity index (χ3v) is 5.27. The lowest BCUT2D eigenvalue weighted by Crippen LogP contribution is -2.36. The quantitative estimate of drug-likeness (QED) is 0.859. The molecule has 0 aromatic carbocycles. The highest BCUT2D eigenvalue weighted by Gasteiger charge is 2.20. The van der Waals surface area contributed by atoms with E-state index in [1.807, 2.05) is 22.7 Å². The summed E-state index contributed by atoms with van der Waals surface area (Å²) in [7, 11) is 0. The molecule has 0 aliphatic carbocycles. The molecule has 3 rings (SSSR count). The zero-order valence-electron chi connectivity index (χ0n) is 12.7. The van der Waals surface area contributed by atoms with Crippen molar-refractivity contribution in [3.63, 3.8) is 0 Å². The summed E-state index contributed by atoms with van der Waals surface area (Å²) in [6.07, 6.45) is 1.45. The van der Waals surface area contributed by atoms with Gasteiger partial charge in [-0.2, -0.15) is 0 Å². The van der Waals surface area contributed by atoms with Crippen molar-refractivity contribution >= 4 is 28.6 Å². The van der Waals surface area contributed by atoms with E-state index in [1.165, 1.54) is 0 Å². The first-order valence-electron chi connectivity index (χ1n) is 7.49. The average molecular weight is 336 g/mol. The molecule has 1 saturated heterocycles. The lowest BCUT2D eigenvalue weighted by Gasteiger charge is -2.21. The lowest BCUT2D eigenvalue weighted by molar-refractivity contribution is -0.130. The van der Waals surface area contributed by atoms with Gasteiger partial charge in [0, 0.05) is 43.5 Å². The molecule has 0 atom stereocenters. The van der Waals surface area contributed by atoms with Crippen molar-refractivity contribution in [2.24, 2.45) is 0 Å². The second kappa shape index (κ2) is 7.30. The molecule has 0 spiro atoms. The third kappa shape index (κ3) is 4.12. The molecule has 118 valence electrons. The van der Waals surface area contributed by atoms with Crippen LogP contribution in [0.3, 0.4) is 0 Å². The minimum Gasteiger partial charge on any atom is -0.341 e. The van der Waals surface area contributed by atoms with Crippen molar-refractivity contribution in [1.82, 2.24) is 19.8 Å². The number of carbonyl (C=O) groups is 1. The van der Waals surface area contributed by atoms with Crippen LogP contribution in [0, 0.1) is 6.92 Å². The van der Waals surface area contributed by atoms with Crippen LogP contribution < -0.4 is 0 Å². The van der Waals surface area contributed by atoms with Crippen molar-refractivity contribution < 1.29 is 4.79 Å². The fourth-order valence-electron chi connectivity index (χ4n) is 2.68. The smallest absolute Gasteiger partial charge is 0.228 e. The molecular weight excluding hydrogens is 316 g/mol. The van der Waals surface area contributed by atoms with Crippen LogP contribution in [0.15, 0.2) is 16.3 Å². The maximum atomic E-state index is 12.4. The van der Waals surface area contributed by atoms with Gasteiger partial charge in [-0.05, 0) is 13.3 Å². The Labute approximate surface area is 138 Å². The van der Waals surface area contributed by atoms with Crippen molar-refractivity contribution in [3.05, 3.63) is 32.7 Å². The zero-order chi connectivity index (χ0) is 15.4. The predicted octanol–water partition coefficient (Wildman–Crippen LogP) is 2.19. The fourth-order valence-corrected chi connectivity index (χ4v) is 3.84. The van der Waals surface area contributed by atoms with Crippen molar-refractivity contribution in [2.75, 3.05) is 26.2 Å². The summed E-state index contributed by atoms with van der Waals surface area (Å²) in [6.45, 7) is 6.44. The highest BCUT2D eigenvalue weighted by atomic mass is 32.1. The number of amides is 1. The molecule has 1 fully saturated rings. The molecule has 0 saturated carbocycles. The highest BCUT2D eigenvalue weighted by Crippen LogP contribution is 2.12. The van der Waals surface area contributed by atoms with E-state index in [1.54, 1.807) is 22.7 Å². The maximum Gasteiger partial charge on any atom is 0.228 e. The summed E-state index contributed by atoms with van der Waals surface area (Å²) in [5.74, 6) is 0.195. The average Bonchev–Trinajstić information content (AvgIpc) is 3.07. The molecular formula is C15H20N4OS2. The molecule has 0 bridgehead atoms. The van der Waals surface area contributed by atoms with Gasteiger partial charge in [-0.1, -0.05) is 0 Å². The molecule has 3 heterocycles. The Kier molecular flexibility index (Phi) is 5.17. The standard InChI is InChI=1S/C15H20N4OS2/c1-12-17-13(10-22-12)7-15(20)19-4-2-3-18(5-6-19)8-14-9-21-11-16-14/h9-11H,2-8H2,1H3. The first kappa shape index (κ1) is 15.6. The van der Waals surface area contributed by atoms with Crippen molar-refractivity contribution in [1.29, 1.82) is 0 Å². The molecule has 0 radical (unpaired) electrons. The first-order valence-corrected chi connectivity index (χ1v) is 9.31. The number of rotatable bonds is 4. The summed E-state index contributed by atoms with van der Waals surface area (Å²) in [4.78, 5) is 25.5. The van der Waals surface area contributed by atoms with Crippen LogP contribution in [0.1, 0.15) is 22.8 Å². The normalized spacial score (nSPS) is 16.7. The van der Waals surface area contributed by atoms with Gasteiger partial charge in [0.05, 0.1) is 28.3 Å². The molecule has 2 aromatic heterocycles. The Bertz CT molecular complexity index is 611. The van der Waals surface area contributed by atoms with Crippen LogP contribution in [0.4, 0.5) is 0 Å². The SMILES string of the molecule is Cc1nc(CC(=O)N2CCCN(Cc3cscn3)CC2)cs1. The molecule has 0 N–H and O–H groups in total. The molecule has 0 unspecified atom stereocenters. The van der Waals surface area contributed by atoms with Gasteiger partial charge in [0.1, 0.15) is 0 Å². The predicted molar refractivity (Wildman–Crippen MR) is 89.1 cm³/mol. The highest BCUT2D eigenvalue weighted by molar-refractivity contribution is 7.09. The summed E-state index contributed by atoms with van der Waals surface area (Å²) in [6, 6.07) is 0. The molecule has 1 aliphatic rings. The molecule has 1 amide bonds. The molecule has 1 aliphatic heterocycles. The van der Waals surface area contributed by atoms with Crippen molar-refractivity contribution in [3.8, 4) is 0 Å².